The number of amides is 1. The Morgan fingerprint density at radius 3 is 2.58 bits per heavy atom. The van der Waals surface area contributed by atoms with Crippen molar-refractivity contribution in [3.63, 3.8) is 0 Å². The summed E-state index contributed by atoms with van der Waals surface area (Å²) in [5.41, 5.74) is 3.70. The molecule has 1 aliphatic rings. The Morgan fingerprint density at radius 2 is 1.84 bits per heavy atom. The summed E-state index contributed by atoms with van der Waals surface area (Å²) in [7, 11) is 0. The largest absolute Gasteiger partial charge is 0.486 e. The lowest BCUT2D eigenvalue weighted by Crippen LogP contribution is -2.31. The SMILES string of the molecule is Cc1noc(C)c1CCC(=O)N(C/C=C/c1ccccc1)c1ccc2c(c1)OCCO2. The maximum Gasteiger partial charge on any atom is 0.227 e. The highest BCUT2D eigenvalue weighted by atomic mass is 16.6. The van der Waals surface area contributed by atoms with E-state index in [0.717, 1.165) is 28.3 Å². The maximum atomic E-state index is 13.2. The summed E-state index contributed by atoms with van der Waals surface area (Å²) < 4.78 is 16.6. The van der Waals surface area contributed by atoms with Gasteiger partial charge in [0.05, 0.1) is 5.69 Å². The van der Waals surface area contributed by atoms with Gasteiger partial charge in [-0.25, -0.2) is 0 Å². The first-order valence-electron chi connectivity index (χ1n) is 10.4. The van der Waals surface area contributed by atoms with Gasteiger partial charge in [0, 0.05) is 30.3 Å². The molecular weight excluding hydrogens is 392 g/mol. The highest BCUT2D eigenvalue weighted by Crippen LogP contribution is 2.34. The van der Waals surface area contributed by atoms with E-state index < -0.39 is 0 Å². The molecule has 0 fully saturated rings. The number of ether oxygens (including phenoxy) is 2. The number of fused-ring (bicyclic) bond motifs is 1. The van der Waals surface area contributed by atoms with Crippen LogP contribution in [0.25, 0.3) is 6.08 Å². The van der Waals surface area contributed by atoms with Crippen molar-refractivity contribution in [2.45, 2.75) is 26.7 Å². The van der Waals surface area contributed by atoms with Crippen molar-refractivity contribution in [2.24, 2.45) is 0 Å². The zero-order chi connectivity index (χ0) is 21.6. The molecule has 0 saturated heterocycles. The average molecular weight is 418 g/mol. The summed E-state index contributed by atoms with van der Waals surface area (Å²) in [4.78, 5) is 15.0. The summed E-state index contributed by atoms with van der Waals surface area (Å²) in [5, 5.41) is 3.99. The quantitative estimate of drug-likeness (QED) is 0.554. The van der Waals surface area contributed by atoms with Gasteiger partial charge < -0.3 is 18.9 Å². The van der Waals surface area contributed by atoms with E-state index in [0.29, 0.717) is 44.1 Å². The van der Waals surface area contributed by atoms with E-state index in [9.17, 15) is 4.79 Å². The number of rotatable bonds is 7. The Balaban J connectivity index is 1.54. The molecule has 0 atom stereocenters. The fraction of sp³-hybridized carbons (Fsp3) is 0.280. The van der Waals surface area contributed by atoms with Crippen LogP contribution in [0.15, 0.2) is 59.1 Å². The van der Waals surface area contributed by atoms with Crippen LogP contribution in [0.2, 0.25) is 0 Å². The molecule has 1 aromatic heterocycles. The maximum absolute atomic E-state index is 13.2. The molecule has 1 amide bonds. The van der Waals surface area contributed by atoms with E-state index in [1.54, 1.807) is 4.90 Å². The van der Waals surface area contributed by atoms with Gasteiger partial charge in [-0.15, -0.1) is 0 Å². The van der Waals surface area contributed by atoms with Gasteiger partial charge in [-0.05, 0) is 38.0 Å². The van der Waals surface area contributed by atoms with Gasteiger partial charge in [0.2, 0.25) is 5.91 Å². The van der Waals surface area contributed by atoms with Crippen LogP contribution in [0.3, 0.4) is 0 Å². The first-order chi connectivity index (χ1) is 15.1. The smallest absolute Gasteiger partial charge is 0.227 e. The van der Waals surface area contributed by atoms with E-state index in [1.807, 2.05) is 74.5 Å². The van der Waals surface area contributed by atoms with Gasteiger partial charge in [0.15, 0.2) is 11.5 Å². The first kappa shape index (κ1) is 20.7. The van der Waals surface area contributed by atoms with Crippen molar-refractivity contribution >= 4 is 17.7 Å². The standard InChI is InChI=1S/C25H26N2O4/c1-18-22(19(2)31-26-18)11-13-25(28)27(14-6-9-20-7-4-3-5-8-20)21-10-12-23-24(17-21)30-16-15-29-23/h3-10,12,17H,11,13-16H2,1-2H3/b9-6+. The number of benzene rings is 2. The van der Waals surface area contributed by atoms with Crippen LogP contribution in [0, 0.1) is 13.8 Å². The van der Waals surface area contributed by atoms with Gasteiger partial charge in [-0.3, -0.25) is 4.79 Å². The van der Waals surface area contributed by atoms with Crippen molar-refractivity contribution in [1.82, 2.24) is 5.16 Å². The second-order valence-electron chi connectivity index (χ2n) is 7.45. The van der Waals surface area contributed by atoms with E-state index in [2.05, 4.69) is 5.16 Å². The molecule has 0 saturated carbocycles. The third-order valence-electron chi connectivity index (χ3n) is 5.31. The number of aromatic nitrogens is 1. The highest BCUT2D eigenvalue weighted by Gasteiger charge is 2.20. The molecule has 1 aliphatic heterocycles. The predicted molar refractivity (Wildman–Crippen MR) is 120 cm³/mol. The molecule has 6 heteroatoms. The van der Waals surface area contributed by atoms with Crippen molar-refractivity contribution in [3.8, 4) is 11.5 Å². The molecule has 31 heavy (non-hydrogen) atoms. The van der Waals surface area contributed by atoms with E-state index in [4.69, 9.17) is 14.0 Å². The lowest BCUT2D eigenvalue weighted by atomic mass is 10.1. The summed E-state index contributed by atoms with van der Waals surface area (Å²) in [6.45, 7) is 5.27. The van der Waals surface area contributed by atoms with Crippen molar-refractivity contribution in [1.29, 1.82) is 0 Å². The van der Waals surface area contributed by atoms with Crippen molar-refractivity contribution in [3.05, 3.63) is 77.2 Å². The van der Waals surface area contributed by atoms with Gasteiger partial charge in [0.25, 0.3) is 0 Å². The van der Waals surface area contributed by atoms with Gasteiger partial charge in [0.1, 0.15) is 19.0 Å². The summed E-state index contributed by atoms with van der Waals surface area (Å²) in [6.07, 6.45) is 4.96. The third-order valence-corrected chi connectivity index (χ3v) is 5.31. The van der Waals surface area contributed by atoms with E-state index in [1.165, 1.54) is 0 Å². The number of hydrogen-bond donors (Lipinski definition) is 0. The topological polar surface area (TPSA) is 64.8 Å². The Kier molecular flexibility index (Phi) is 6.36. The lowest BCUT2D eigenvalue weighted by molar-refractivity contribution is -0.118. The number of aryl methyl sites for hydroxylation is 2. The van der Waals surface area contributed by atoms with E-state index in [-0.39, 0.29) is 5.91 Å². The molecule has 0 bridgehead atoms. The number of anilines is 1. The molecule has 0 spiro atoms. The van der Waals surface area contributed by atoms with Crippen LogP contribution >= 0.6 is 0 Å². The van der Waals surface area contributed by atoms with Crippen LogP contribution in [-0.4, -0.2) is 30.8 Å². The molecule has 0 unspecified atom stereocenters. The van der Waals surface area contributed by atoms with Gasteiger partial charge in [-0.2, -0.15) is 0 Å². The summed E-state index contributed by atoms with van der Waals surface area (Å²) >= 11 is 0. The minimum absolute atomic E-state index is 0.0226. The minimum Gasteiger partial charge on any atom is -0.486 e. The van der Waals surface area contributed by atoms with Crippen LogP contribution in [-0.2, 0) is 11.2 Å². The monoisotopic (exact) mass is 418 g/mol. The molecule has 0 N–H and O–H groups in total. The molecule has 0 aliphatic carbocycles. The Morgan fingerprint density at radius 1 is 1.06 bits per heavy atom. The first-order valence-corrected chi connectivity index (χ1v) is 10.4. The molecule has 160 valence electrons. The van der Waals surface area contributed by atoms with E-state index >= 15 is 0 Å². The summed E-state index contributed by atoms with van der Waals surface area (Å²) in [6, 6.07) is 15.7. The number of nitrogens with zero attached hydrogens (tertiary/aromatic N) is 2. The zero-order valence-electron chi connectivity index (χ0n) is 17.8. The third kappa shape index (κ3) is 4.97. The summed E-state index contributed by atoms with van der Waals surface area (Å²) in [5.74, 6) is 2.16. The molecule has 2 heterocycles. The number of hydrogen-bond acceptors (Lipinski definition) is 5. The van der Waals surface area contributed by atoms with Crippen LogP contribution in [0.4, 0.5) is 5.69 Å². The zero-order valence-corrected chi connectivity index (χ0v) is 17.8. The molecule has 2 aromatic carbocycles. The lowest BCUT2D eigenvalue weighted by Gasteiger charge is -2.24. The fourth-order valence-corrected chi connectivity index (χ4v) is 3.64. The Labute approximate surface area is 182 Å². The molecule has 4 rings (SSSR count). The van der Waals surface area contributed by atoms with Gasteiger partial charge >= 0.3 is 0 Å². The van der Waals surface area contributed by atoms with Crippen LogP contribution in [0.1, 0.15) is 29.0 Å². The molecule has 0 radical (unpaired) electrons. The van der Waals surface area contributed by atoms with Crippen molar-refractivity contribution in [2.75, 3.05) is 24.7 Å². The Hall–Kier alpha value is -3.54. The average Bonchev–Trinajstić information content (AvgIpc) is 3.12. The minimum atomic E-state index is 0.0226. The number of carbonyl (C=O) groups is 1. The number of carbonyl (C=O) groups excluding carboxylic acids is 1. The van der Waals surface area contributed by atoms with Crippen molar-refractivity contribution < 1.29 is 18.8 Å². The fourth-order valence-electron chi connectivity index (χ4n) is 3.64. The van der Waals surface area contributed by atoms with Gasteiger partial charge in [-0.1, -0.05) is 47.6 Å². The van der Waals surface area contributed by atoms with Crippen LogP contribution < -0.4 is 14.4 Å². The molecular formula is C25H26N2O4. The predicted octanol–water partition coefficient (Wildman–Crippen LogP) is 4.74. The second-order valence-corrected chi connectivity index (χ2v) is 7.45. The highest BCUT2D eigenvalue weighted by molar-refractivity contribution is 5.94. The second kappa shape index (κ2) is 9.51. The normalized spacial score (nSPS) is 12.8. The molecule has 3 aromatic rings. The van der Waals surface area contributed by atoms with Crippen LogP contribution in [0.5, 0.6) is 11.5 Å². The molecule has 6 nitrogen and oxygen atoms in total. The Bertz CT molecular complexity index is 1050.